The molecule has 0 radical (unpaired) electrons. The van der Waals surface area contributed by atoms with Gasteiger partial charge in [0.05, 0.1) is 22.5 Å². The Kier molecular flexibility index (Phi) is 7.70. The molecule has 1 fully saturated rings. The molecule has 1 saturated heterocycles. The van der Waals surface area contributed by atoms with E-state index in [-0.39, 0.29) is 23.6 Å². The summed E-state index contributed by atoms with van der Waals surface area (Å²) in [6.45, 7) is 6.96. The zero-order valence-corrected chi connectivity index (χ0v) is 20.5. The summed E-state index contributed by atoms with van der Waals surface area (Å²) in [5, 5.41) is 12.7. The standard InChI is InChI=1S/C25H26ClN5O2S/c1-3-14-31-23(21-13-8-15-30(21)24(33)18-10-5-4-9-17(18)2)28-29-25(31)34-16-22(32)27-20-12-7-6-11-19(20)26/h3-7,9-12,21H,1,8,13-16H2,2H3,(H,27,32). The number of amides is 2. The number of hydrogen-bond acceptors (Lipinski definition) is 5. The van der Waals surface area contributed by atoms with Crippen LogP contribution in [0.25, 0.3) is 0 Å². The van der Waals surface area contributed by atoms with Crippen molar-refractivity contribution in [2.45, 2.75) is 37.5 Å². The van der Waals surface area contributed by atoms with E-state index in [9.17, 15) is 9.59 Å². The third-order valence-electron chi connectivity index (χ3n) is 5.72. The number of benzene rings is 2. The van der Waals surface area contributed by atoms with Crippen molar-refractivity contribution in [3.63, 3.8) is 0 Å². The van der Waals surface area contributed by atoms with Gasteiger partial charge in [-0.3, -0.25) is 9.59 Å². The number of allylic oxidation sites excluding steroid dienone is 1. The van der Waals surface area contributed by atoms with Crippen LogP contribution < -0.4 is 5.32 Å². The van der Waals surface area contributed by atoms with Crippen molar-refractivity contribution in [1.29, 1.82) is 0 Å². The molecule has 1 aromatic heterocycles. The smallest absolute Gasteiger partial charge is 0.254 e. The number of carbonyl (C=O) groups is 2. The monoisotopic (exact) mass is 495 g/mol. The fraction of sp³-hybridized carbons (Fsp3) is 0.280. The summed E-state index contributed by atoms with van der Waals surface area (Å²) < 4.78 is 1.94. The van der Waals surface area contributed by atoms with Crippen LogP contribution in [0.2, 0.25) is 5.02 Å². The van der Waals surface area contributed by atoms with Crippen LogP contribution in [0.1, 0.15) is 40.6 Å². The number of nitrogens with zero attached hydrogens (tertiary/aromatic N) is 4. The van der Waals surface area contributed by atoms with Crippen LogP contribution >= 0.6 is 23.4 Å². The van der Waals surface area contributed by atoms with Crippen LogP contribution in [0.5, 0.6) is 0 Å². The Hall–Kier alpha value is -3.10. The minimum absolute atomic E-state index is 0.00192. The van der Waals surface area contributed by atoms with Crippen molar-refractivity contribution in [3.8, 4) is 0 Å². The zero-order valence-electron chi connectivity index (χ0n) is 18.9. The first kappa shape index (κ1) is 24.0. The van der Waals surface area contributed by atoms with Crippen molar-refractivity contribution >= 4 is 40.9 Å². The average Bonchev–Trinajstić information content (AvgIpc) is 3.46. The third-order valence-corrected chi connectivity index (χ3v) is 7.02. The van der Waals surface area contributed by atoms with Crippen LogP contribution in [-0.4, -0.2) is 43.8 Å². The fourth-order valence-corrected chi connectivity index (χ4v) is 5.02. The van der Waals surface area contributed by atoms with Gasteiger partial charge in [0.1, 0.15) is 0 Å². The molecule has 0 bridgehead atoms. The summed E-state index contributed by atoms with van der Waals surface area (Å²) in [4.78, 5) is 27.7. The summed E-state index contributed by atoms with van der Waals surface area (Å²) in [5.41, 5.74) is 2.22. The second kappa shape index (κ2) is 10.9. The lowest BCUT2D eigenvalue weighted by Gasteiger charge is -2.25. The topological polar surface area (TPSA) is 80.1 Å². The highest BCUT2D eigenvalue weighted by atomic mass is 35.5. The van der Waals surface area contributed by atoms with E-state index in [1.54, 1.807) is 18.2 Å². The summed E-state index contributed by atoms with van der Waals surface area (Å²) in [6.07, 6.45) is 3.47. The number of hydrogen-bond donors (Lipinski definition) is 1. The lowest BCUT2D eigenvalue weighted by Crippen LogP contribution is -2.32. The Balaban J connectivity index is 1.51. The first-order valence-electron chi connectivity index (χ1n) is 11.1. The molecule has 4 rings (SSSR count). The van der Waals surface area contributed by atoms with Gasteiger partial charge in [0.25, 0.3) is 5.91 Å². The van der Waals surface area contributed by atoms with Crippen molar-refractivity contribution in [3.05, 3.63) is 83.2 Å². The van der Waals surface area contributed by atoms with Crippen LogP contribution in [0.4, 0.5) is 5.69 Å². The highest BCUT2D eigenvalue weighted by Gasteiger charge is 2.35. The van der Waals surface area contributed by atoms with Crippen molar-refractivity contribution < 1.29 is 9.59 Å². The molecule has 0 saturated carbocycles. The summed E-state index contributed by atoms with van der Waals surface area (Å²) in [7, 11) is 0. The molecule has 7 nitrogen and oxygen atoms in total. The van der Waals surface area contributed by atoms with Gasteiger partial charge < -0.3 is 14.8 Å². The summed E-state index contributed by atoms with van der Waals surface area (Å²) in [6, 6.07) is 14.5. The molecule has 2 amide bonds. The van der Waals surface area contributed by atoms with Gasteiger partial charge in [0, 0.05) is 18.7 Å². The maximum absolute atomic E-state index is 13.3. The van der Waals surface area contributed by atoms with Crippen LogP contribution in [0.15, 0.2) is 66.3 Å². The summed E-state index contributed by atoms with van der Waals surface area (Å²) in [5.74, 6) is 0.678. The molecular weight excluding hydrogens is 470 g/mol. The number of aryl methyl sites for hydroxylation is 1. The van der Waals surface area contributed by atoms with Crippen LogP contribution in [0.3, 0.4) is 0 Å². The number of thioether (sulfide) groups is 1. The lowest BCUT2D eigenvalue weighted by atomic mass is 10.1. The molecule has 1 atom stereocenters. The Morgan fingerprint density at radius 3 is 2.74 bits per heavy atom. The predicted molar refractivity (Wildman–Crippen MR) is 135 cm³/mol. The molecule has 2 aromatic carbocycles. The van der Waals surface area contributed by atoms with Gasteiger partial charge in [-0.05, 0) is 43.5 Å². The van der Waals surface area contributed by atoms with Crippen LogP contribution in [0, 0.1) is 6.92 Å². The van der Waals surface area contributed by atoms with Crippen LogP contribution in [-0.2, 0) is 11.3 Å². The van der Waals surface area contributed by atoms with E-state index in [2.05, 4.69) is 22.1 Å². The Labute approximate surface area is 208 Å². The zero-order chi connectivity index (χ0) is 24.1. The van der Waals surface area contributed by atoms with Crippen molar-refractivity contribution in [2.75, 3.05) is 17.6 Å². The number of aromatic nitrogens is 3. The largest absolute Gasteiger partial charge is 0.328 e. The highest BCUT2D eigenvalue weighted by Crippen LogP contribution is 2.34. The summed E-state index contributed by atoms with van der Waals surface area (Å²) >= 11 is 7.42. The average molecular weight is 496 g/mol. The number of rotatable bonds is 8. The number of para-hydroxylation sites is 1. The molecule has 176 valence electrons. The number of likely N-dealkylation sites (tertiary alicyclic amines) is 1. The van der Waals surface area contributed by atoms with Crippen molar-refractivity contribution in [1.82, 2.24) is 19.7 Å². The van der Waals surface area contributed by atoms with Gasteiger partial charge in [-0.15, -0.1) is 16.8 Å². The predicted octanol–water partition coefficient (Wildman–Crippen LogP) is 5.13. The molecule has 1 aliphatic rings. The SMILES string of the molecule is C=CCn1c(SCC(=O)Nc2ccccc2Cl)nnc1C1CCCN1C(=O)c1ccccc1C. The minimum atomic E-state index is -0.190. The number of anilines is 1. The van der Waals surface area contributed by atoms with E-state index >= 15 is 0 Å². The Morgan fingerprint density at radius 1 is 1.21 bits per heavy atom. The molecule has 1 aliphatic heterocycles. The lowest BCUT2D eigenvalue weighted by molar-refractivity contribution is -0.113. The first-order chi connectivity index (χ1) is 16.5. The maximum atomic E-state index is 13.3. The van der Waals surface area contributed by atoms with E-state index in [4.69, 9.17) is 11.6 Å². The fourth-order valence-electron chi connectivity index (χ4n) is 4.08. The van der Waals surface area contributed by atoms with E-state index in [1.165, 1.54) is 11.8 Å². The van der Waals surface area contributed by atoms with E-state index in [1.807, 2.05) is 52.8 Å². The van der Waals surface area contributed by atoms with E-state index < -0.39 is 0 Å². The molecule has 3 aromatic rings. The highest BCUT2D eigenvalue weighted by molar-refractivity contribution is 7.99. The Morgan fingerprint density at radius 2 is 1.97 bits per heavy atom. The van der Waals surface area contributed by atoms with E-state index in [0.717, 1.165) is 18.4 Å². The molecule has 9 heteroatoms. The molecule has 2 heterocycles. The third kappa shape index (κ3) is 5.18. The molecular formula is C25H26ClN5O2S. The van der Waals surface area contributed by atoms with Gasteiger partial charge in [0.15, 0.2) is 11.0 Å². The number of nitrogens with one attached hydrogen (secondary N) is 1. The minimum Gasteiger partial charge on any atom is -0.328 e. The normalized spacial score (nSPS) is 15.4. The van der Waals surface area contributed by atoms with Gasteiger partial charge in [0.2, 0.25) is 5.91 Å². The van der Waals surface area contributed by atoms with Gasteiger partial charge >= 0.3 is 0 Å². The molecule has 0 aliphatic carbocycles. The van der Waals surface area contributed by atoms with Gasteiger partial charge in [-0.2, -0.15) is 0 Å². The van der Waals surface area contributed by atoms with E-state index in [0.29, 0.717) is 40.3 Å². The molecule has 1 N–H and O–H groups in total. The van der Waals surface area contributed by atoms with Gasteiger partial charge in [-0.1, -0.05) is 59.8 Å². The number of carbonyl (C=O) groups excluding carboxylic acids is 2. The quantitative estimate of drug-likeness (QED) is 0.346. The first-order valence-corrected chi connectivity index (χ1v) is 12.4. The second-order valence-corrected chi connectivity index (χ2v) is 9.38. The maximum Gasteiger partial charge on any atom is 0.254 e. The molecule has 34 heavy (non-hydrogen) atoms. The Bertz CT molecular complexity index is 1210. The van der Waals surface area contributed by atoms with Gasteiger partial charge in [-0.25, -0.2) is 0 Å². The number of halogens is 1. The molecule has 0 spiro atoms. The second-order valence-electron chi connectivity index (χ2n) is 8.03. The molecule has 1 unspecified atom stereocenters. The van der Waals surface area contributed by atoms with Crippen molar-refractivity contribution in [2.24, 2.45) is 0 Å².